The molecule has 7 rings (SSSR count). The fourth-order valence-corrected chi connectivity index (χ4v) is 11.5. The number of hydrogen-bond acceptors (Lipinski definition) is 13. The van der Waals surface area contributed by atoms with Crippen LogP contribution in [0.15, 0.2) is 76.8 Å². The number of ether oxygens (including phenoxy) is 5. The van der Waals surface area contributed by atoms with Crippen molar-refractivity contribution in [2.24, 2.45) is 0 Å². The Labute approximate surface area is 397 Å². The Morgan fingerprint density at radius 2 is 1.41 bits per heavy atom. The Kier molecular flexibility index (Phi) is 16.2. The molecule has 0 radical (unpaired) electrons. The molecule has 2 N–H and O–H groups in total. The van der Waals surface area contributed by atoms with Gasteiger partial charge >= 0.3 is 0 Å². The third kappa shape index (κ3) is 11.3. The summed E-state index contributed by atoms with van der Waals surface area (Å²) in [6.45, 7) is 8.81. The number of carbonyl (C=O) groups is 2. The van der Waals surface area contributed by atoms with E-state index in [1.54, 1.807) is 75.1 Å². The molecule has 0 bridgehead atoms. The first kappa shape index (κ1) is 50.4. The van der Waals surface area contributed by atoms with Crippen LogP contribution in [0.2, 0.25) is 0 Å². The zero-order valence-corrected chi connectivity index (χ0v) is 41.1. The van der Waals surface area contributed by atoms with Gasteiger partial charge in [0.2, 0.25) is 20.0 Å². The van der Waals surface area contributed by atoms with E-state index < -0.39 is 38.0 Å². The molecule has 366 valence electrons. The summed E-state index contributed by atoms with van der Waals surface area (Å²) in [6.07, 6.45) is 3.08. The van der Waals surface area contributed by atoms with Crippen LogP contribution < -0.4 is 15.4 Å². The van der Waals surface area contributed by atoms with Crippen LogP contribution in [0.4, 0.5) is 11.4 Å². The maximum Gasteiger partial charge on any atom is 0.259 e. The summed E-state index contributed by atoms with van der Waals surface area (Å²) >= 11 is 0. The molecule has 5 aromatic rings. The van der Waals surface area contributed by atoms with Gasteiger partial charge in [0.1, 0.15) is 5.75 Å². The number of aryl methyl sites for hydroxylation is 2. The number of aromatic nitrogens is 4. The number of morpholine rings is 2. The summed E-state index contributed by atoms with van der Waals surface area (Å²) in [5.74, 6) is -0.337. The van der Waals surface area contributed by atoms with Crippen molar-refractivity contribution < 1.29 is 50.1 Å². The fourth-order valence-electron chi connectivity index (χ4n) is 8.14. The topological polar surface area (TPSA) is 215 Å². The van der Waals surface area contributed by atoms with Crippen LogP contribution in [0.1, 0.15) is 80.4 Å². The monoisotopic (exact) mass is 976 g/mol. The summed E-state index contributed by atoms with van der Waals surface area (Å²) in [6, 6.07) is 15.3. The van der Waals surface area contributed by atoms with Crippen molar-refractivity contribution in [3.05, 3.63) is 112 Å². The number of rotatable bonds is 19. The number of methoxy groups -OCH3 is 3. The van der Waals surface area contributed by atoms with E-state index in [9.17, 15) is 26.4 Å². The van der Waals surface area contributed by atoms with Crippen LogP contribution in [0.3, 0.4) is 0 Å². The van der Waals surface area contributed by atoms with Crippen molar-refractivity contribution in [2.45, 2.75) is 69.0 Å². The second kappa shape index (κ2) is 21.8. The van der Waals surface area contributed by atoms with Gasteiger partial charge in [0.25, 0.3) is 11.8 Å². The molecule has 0 aliphatic carbocycles. The standard InChI is InChI=1S/C47H60N8O11S2/c1-31(2)55-29-39(41(51-55)14-19-63-6)46(56)48-35-12-11-32(3)44(25-35)68(60,61)54-17-22-66-43(30-54)37-23-33(4)45(67(58,59)53-15-20-65-21-16-53)26-42(37)49-47(57)38-28-52(50-40(38)13-18-62-5)27-34-9-8-10-36(24-34)64-7/h8-12,23-26,28-29,31,43H,13-22,27,30H2,1-7H3,(H,48,56)(H,49,57). The van der Waals surface area contributed by atoms with Gasteiger partial charge in [-0.05, 0) is 74.7 Å². The lowest BCUT2D eigenvalue weighted by Crippen LogP contribution is -2.42. The van der Waals surface area contributed by atoms with E-state index >= 15 is 0 Å². The van der Waals surface area contributed by atoms with Gasteiger partial charge in [-0.2, -0.15) is 18.8 Å². The predicted molar refractivity (Wildman–Crippen MR) is 253 cm³/mol. The molecule has 19 nitrogen and oxygen atoms in total. The van der Waals surface area contributed by atoms with Crippen LogP contribution >= 0.6 is 0 Å². The minimum Gasteiger partial charge on any atom is -0.497 e. The Balaban J connectivity index is 1.20. The van der Waals surface area contributed by atoms with E-state index in [1.807, 2.05) is 38.1 Å². The van der Waals surface area contributed by atoms with Gasteiger partial charge in [0.15, 0.2) is 0 Å². The quantitative estimate of drug-likeness (QED) is 0.112. The number of carbonyl (C=O) groups excluding carboxylic acids is 2. The molecule has 2 aliphatic heterocycles. The van der Waals surface area contributed by atoms with E-state index in [0.29, 0.717) is 65.4 Å². The van der Waals surface area contributed by atoms with Gasteiger partial charge in [-0.15, -0.1) is 0 Å². The molecule has 0 saturated carbocycles. The number of sulfonamides is 2. The summed E-state index contributed by atoms with van der Waals surface area (Å²) in [7, 11) is -3.58. The van der Waals surface area contributed by atoms with E-state index in [4.69, 9.17) is 28.8 Å². The first-order valence-electron chi connectivity index (χ1n) is 22.4. The van der Waals surface area contributed by atoms with Gasteiger partial charge < -0.3 is 34.3 Å². The molecule has 3 aromatic carbocycles. The molecule has 2 saturated heterocycles. The van der Waals surface area contributed by atoms with Crippen molar-refractivity contribution in [3.63, 3.8) is 0 Å². The first-order valence-corrected chi connectivity index (χ1v) is 25.2. The molecule has 2 aromatic heterocycles. The van der Waals surface area contributed by atoms with Crippen LogP contribution in [0.5, 0.6) is 5.75 Å². The number of benzene rings is 3. The Hall–Kier alpha value is -5.52. The third-order valence-corrected chi connectivity index (χ3v) is 15.9. The van der Waals surface area contributed by atoms with Crippen LogP contribution in [-0.4, -0.2) is 137 Å². The number of hydrogen-bond donors (Lipinski definition) is 2. The molecule has 1 atom stereocenters. The van der Waals surface area contributed by atoms with Crippen LogP contribution in [0, 0.1) is 13.8 Å². The van der Waals surface area contributed by atoms with Crippen LogP contribution in [-0.2, 0) is 58.4 Å². The highest BCUT2D eigenvalue weighted by Crippen LogP contribution is 2.37. The van der Waals surface area contributed by atoms with Crippen molar-refractivity contribution in [2.75, 3.05) is 91.2 Å². The van der Waals surface area contributed by atoms with Crippen molar-refractivity contribution in [1.82, 2.24) is 28.2 Å². The zero-order valence-electron chi connectivity index (χ0n) is 39.5. The van der Waals surface area contributed by atoms with Crippen molar-refractivity contribution in [1.29, 1.82) is 0 Å². The molecule has 0 spiro atoms. The summed E-state index contributed by atoms with van der Waals surface area (Å²) in [5.41, 5.74) is 4.11. The van der Waals surface area contributed by atoms with E-state index in [0.717, 1.165) is 5.56 Å². The highest BCUT2D eigenvalue weighted by molar-refractivity contribution is 7.89. The highest BCUT2D eigenvalue weighted by atomic mass is 32.2. The second-order valence-corrected chi connectivity index (χ2v) is 20.7. The minimum atomic E-state index is -4.22. The number of anilines is 2. The molecule has 1 unspecified atom stereocenters. The number of nitrogens with zero attached hydrogens (tertiary/aromatic N) is 6. The first-order chi connectivity index (χ1) is 32.5. The summed E-state index contributed by atoms with van der Waals surface area (Å²) < 4.78 is 91.4. The molecule has 2 aliphatic rings. The largest absolute Gasteiger partial charge is 0.497 e. The van der Waals surface area contributed by atoms with Gasteiger partial charge in [-0.25, -0.2) is 16.8 Å². The maximum absolute atomic E-state index is 14.7. The molecule has 21 heteroatoms. The average Bonchev–Trinajstić information content (AvgIpc) is 3.96. The van der Waals surface area contributed by atoms with Gasteiger partial charge in [0, 0.05) is 88.6 Å². The number of nitrogens with one attached hydrogen (secondary N) is 2. The fraction of sp³-hybridized carbons (Fsp3) is 0.447. The Morgan fingerprint density at radius 3 is 2.10 bits per heavy atom. The lowest BCUT2D eigenvalue weighted by Gasteiger charge is -2.34. The Bertz CT molecular complexity index is 2840. The van der Waals surface area contributed by atoms with Crippen LogP contribution in [0.25, 0.3) is 0 Å². The number of amides is 2. The lowest BCUT2D eigenvalue weighted by atomic mass is 10.0. The van der Waals surface area contributed by atoms with Gasteiger partial charge in [-0.1, -0.05) is 24.3 Å². The maximum atomic E-state index is 14.7. The third-order valence-electron chi connectivity index (χ3n) is 11.9. The average molecular weight is 977 g/mol. The predicted octanol–water partition coefficient (Wildman–Crippen LogP) is 5.00. The van der Waals surface area contributed by atoms with Crippen molar-refractivity contribution in [3.8, 4) is 5.75 Å². The SMILES string of the molecule is COCCc1nn(C(C)C)cc1C(=O)Nc1ccc(C)c(S(=O)(=O)N2CCOC(c3cc(C)c(S(=O)(=O)N4CCOCC4)cc3NC(=O)c3cn(Cc4cccc(OC)c4)nc3CCOC)C2)c1. The van der Waals surface area contributed by atoms with E-state index in [2.05, 4.69) is 15.7 Å². The molecule has 2 fully saturated rings. The second-order valence-electron chi connectivity index (χ2n) is 16.9. The molecular weight excluding hydrogens is 917 g/mol. The lowest BCUT2D eigenvalue weighted by molar-refractivity contribution is -0.00223. The molecule has 68 heavy (non-hydrogen) atoms. The summed E-state index contributed by atoms with van der Waals surface area (Å²) in [4.78, 5) is 28.1. The normalized spacial score (nSPS) is 16.3. The highest BCUT2D eigenvalue weighted by Gasteiger charge is 2.36. The smallest absolute Gasteiger partial charge is 0.259 e. The van der Waals surface area contributed by atoms with Crippen molar-refractivity contribution >= 4 is 43.2 Å². The molecule has 2 amide bonds. The zero-order chi connectivity index (χ0) is 48.8. The summed E-state index contributed by atoms with van der Waals surface area (Å²) in [5, 5.41) is 15.1. The van der Waals surface area contributed by atoms with E-state index in [1.165, 1.54) is 20.7 Å². The molecule has 4 heterocycles. The minimum absolute atomic E-state index is 0.00340. The van der Waals surface area contributed by atoms with E-state index in [-0.39, 0.29) is 85.4 Å². The Morgan fingerprint density at radius 1 is 0.765 bits per heavy atom. The van der Waals surface area contributed by atoms with Gasteiger partial charge in [-0.3, -0.25) is 19.0 Å². The van der Waals surface area contributed by atoms with Gasteiger partial charge in [0.05, 0.1) is 85.1 Å². The molecular formula is C47H60N8O11S2.